The summed E-state index contributed by atoms with van der Waals surface area (Å²) in [7, 11) is 0. The van der Waals surface area contributed by atoms with Crippen molar-refractivity contribution in [1.29, 1.82) is 5.26 Å². The summed E-state index contributed by atoms with van der Waals surface area (Å²) in [6, 6.07) is 20.7. The summed E-state index contributed by atoms with van der Waals surface area (Å²) in [6.07, 6.45) is 0. The van der Waals surface area contributed by atoms with Gasteiger partial charge in [-0.25, -0.2) is 4.98 Å². The zero-order chi connectivity index (χ0) is 16.9. The molecule has 0 fully saturated rings. The molecule has 0 spiro atoms. The van der Waals surface area contributed by atoms with E-state index in [1.807, 2.05) is 30.3 Å². The molecule has 2 nitrogen and oxygen atoms in total. The van der Waals surface area contributed by atoms with Gasteiger partial charge in [-0.05, 0) is 68.5 Å². The van der Waals surface area contributed by atoms with Gasteiger partial charge in [0.1, 0.15) is 4.60 Å². The summed E-state index contributed by atoms with van der Waals surface area (Å²) in [5, 5.41) is 9.21. The number of pyridine rings is 1. The normalized spacial score (nSPS) is 13.9. The summed E-state index contributed by atoms with van der Waals surface area (Å²) in [6.45, 7) is 4.44. The number of halogens is 1. The van der Waals surface area contributed by atoms with Gasteiger partial charge in [0.25, 0.3) is 0 Å². The van der Waals surface area contributed by atoms with Crippen LogP contribution in [0.3, 0.4) is 0 Å². The second kappa shape index (κ2) is 5.29. The van der Waals surface area contributed by atoms with Crippen molar-refractivity contribution >= 4 is 15.9 Å². The van der Waals surface area contributed by atoms with E-state index in [-0.39, 0.29) is 5.41 Å². The average molecular weight is 375 g/mol. The molecule has 0 unspecified atom stereocenters. The summed E-state index contributed by atoms with van der Waals surface area (Å²) in [5.74, 6) is 0. The molecule has 0 radical (unpaired) electrons. The molecule has 1 aliphatic rings. The van der Waals surface area contributed by atoms with Crippen LogP contribution in [0.1, 0.15) is 30.5 Å². The Kier molecular flexibility index (Phi) is 3.33. The number of nitrogens with zero attached hydrogens (tertiary/aromatic N) is 2. The lowest BCUT2D eigenvalue weighted by molar-refractivity contribution is 0.660. The quantitative estimate of drug-likeness (QED) is 0.513. The molecular weight excluding hydrogens is 360 g/mol. The second-order valence-electron chi connectivity index (χ2n) is 6.60. The van der Waals surface area contributed by atoms with Gasteiger partial charge in [0.2, 0.25) is 0 Å². The van der Waals surface area contributed by atoms with Crippen molar-refractivity contribution in [3.05, 3.63) is 75.9 Å². The van der Waals surface area contributed by atoms with E-state index in [2.05, 4.69) is 65.1 Å². The van der Waals surface area contributed by atoms with Crippen LogP contribution in [-0.2, 0) is 5.41 Å². The lowest BCUT2D eigenvalue weighted by atomic mass is 9.81. The molecule has 0 bridgehead atoms. The fraction of sp³-hybridized carbons (Fsp3) is 0.143. The Bertz CT molecular complexity index is 1010. The molecule has 0 saturated carbocycles. The smallest absolute Gasteiger partial charge is 0.106 e. The Morgan fingerprint density at radius 2 is 1.67 bits per heavy atom. The number of rotatable bonds is 1. The summed E-state index contributed by atoms with van der Waals surface area (Å²) < 4.78 is 0.835. The van der Waals surface area contributed by atoms with Crippen LogP contribution in [0.25, 0.3) is 22.4 Å². The van der Waals surface area contributed by atoms with Crippen molar-refractivity contribution in [2.45, 2.75) is 19.3 Å². The van der Waals surface area contributed by atoms with Gasteiger partial charge in [-0.3, -0.25) is 0 Å². The monoisotopic (exact) mass is 374 g/mol. The second-order valence-corrected chi connectivity index (χ2v) is 7.42. The maximum absolute atomic E-state index is 9.21. The van der Waals surface area contributed by atoms with E-state index in [1.54, 1.807) is 0 Å². The minimum absolute atomic E-state index is 0.125. The zero-order valence-corrected chi connectivity index (χ0v) is 15.1. The van der Waals surface area contributed by atoms with Gasteiger partial charge in [0.05, 0.1) is 17.3 Å². The SMILES string of the molecule is CC1(C)c2cc(C#N)ccc2-c2ccc(-c3cccc(Br)n3)cc21. The minimum atomic E-state index is -0.125. The number of hydrogen-bond acceptors (Lipinski definition) is 2. The lowest BCUT2D eigenvalue weighted by Crippen LogP contribution is -2.15. The molecule has 4 rings (SSSR count). The molecule has 116 valence electrons. The summed E-state index contributed by atoms with van der Waals surface area (Å²) in [5.41, 5.74) is 7.62. The van der Waals surface area contributed by atoms with Crippen molar-refractivity contribution in [3.8, 4) is 28.5 Å². The first-order valence-corrected chi connectivity index (χ1v) is 8.62. The Labute approximate surface area is 149 Å². The molecule has 1 aromatic heterocycles. The first kappa shape index (κ1) is 15.1. The van der Waals surface area contributed by atoms with Crippen LogP contribution in [0.5, 0.6) is 0 Å². The van der Waals surface area contributed by atoms with Gasteiger partial charge in [0, 0.05) is 11.0 Å². The highest BCUT2D eigenvalue weighted by atomic mass is 79.9. The van der Waals surface area contributed by atoms with Gasteiger partial charge in [-0.2, -0.15) is 5.26 Å². The molecule has 0 saturated heterocycles. The van der Waals surface area contributed by atoms with Gasteiger partial charge in [-0.15, -0.1) is 0 Å². The highest BCUT2D eigenvalue weighted by molar-refractivity contribution is 9.10. The molecule has 1 aliphatic carbocycles. The molecule has 0 atom stereocenters. The molecule has 24 heavy (non-hydrogen) atoms. The number of nitriles is 1. The van der Waals surface area contributed by atoms with E-state index in [0.717, 1.165) is 15.9 Å². The Morgan fingerprint density at radius 3 is 2.38 bits per heavy atom. The Morgan fingerprint density at radius 1 is 0.958 bits per heavy atom. The van der Waals surface area contributed by atoms with Crippen LogP contribution >= 0.6 is 15.9 Å². The maximum atomic E-state index is 9.21. The van der Waals surface area contributed by atoms with Crippen LogP contribution in [0.4, 0.5) is 0 Å². The third-order valence-electron chi connectivity index (χ3n) is 4.82. The fourth-order valence-corrected chi connectivity index (χ4v) is 3.88. The van der Waals surface area contributed by atoms with Gasteiger partial charge < -0.3 is 0 Å². The van der Waals surface area contributed by atoms with Crippen LogP contribution in [0.2, 0.25) is 0 Å². The first-order valence-electron chi connectivity index (χ1n) is 7.83. The van der Waals surface area contributed by atoms with Gasteiger partial charge >= 0.3 is 0 Å². The number of hydrogen-bond donors (Lipinski definition) is 0. The van der Waals surface area contributed by atoms with E-state index in [0.29, 0.717) is 5.56 Å². The van der Waals surface area contributed by atoms with E-state index in [1.165, 1.54) is 22.3 Å². The van der Waals surface area contributed by atoms with Crippen molar-refractivity contribution < 1.29 is 0 Å². The van der Waals surface area contributed by atoms with Crippen molar-refractivity contribution in [2.24, 2.45) is 0 Å². The number of fused-ring (bicyclic) bond motifs is 3. The van der Waals surface area contributed by atoms with E-state index in [4.69, 9.17) is 0 Å². The molecule has 0 aliphatic heterocycles. The molecule has 2 aromatic carbocycles. The number of benzene rings is 2. The van der Waals surface area contributed by atoms with Gasteiger partial charge in [-0.1, -0.05) is 38.1 Å². The predicted molar refractivity (Wildman–Crippen MR) is 99.7 cm³/mol. The molecule has 3 aromatic rings. The standard InChI is InChI=1S/C21H15BrN2/c1-21(2)17-10-13(12-23)6-8-15(17)16-9-7-14(11-18(16)21)19-4-3-5-20(22)24-19/h3-11H,1-2H3. The van der Waals surface area contributed by atoms with E-state index >= 15 is 0 Å². The predicted octanol–water partition coefficient (Wildman–Crippen LogP) is 5.69. The maximum Gasteiger partial charge on any atom is 0.106 e. The van der Waals surface area contributed by atoms with Crippen molar-refractivity contribution in [2.75, 3.05) is 0 Å². The van der Waals surface area contributed by atoms with Crippen molar-refractivity contribution in [3.63, 3.8) is 0 Å². The van der Waals surface area contributed by atoms with Gasteiger partial charge in [0.15, 0.2) is 0 Å². The average Bonchev–Trinajstić information content (AvgIpc) is 2.82. The largest absolute Gasteiger partial charge is 0.241 e. The molecule has 0 amide bonds. The van der Waals surface area contributed by atoms with Crippen LogP contribution in [0.15, 0.2) is 59.2 Å². The fourth-order valence-electron chi connectivity index (χ4n) is 3.54. The Hall–Kier alpha value is -2.44. The third-order valence-corrected chi connectivity index (χ3v) is 5.26. The van der Waals surface area contributed by atoms with Crippen molar-refractivity contribution in [1.82, 2.24) is 4.98 Å². The topological polar surface area (TPSA) is 36.7 Å². The highest BCUT2D eigenvalue weighted by Crippen LogP contribution is 2.49. The highest BCUT2D eigenvalue weighted by Gasteiger charge is 2.35. The van der Waals surface area contributed by atoms with Crippen LogP contribution < -0.4 is 0 Å². The summed E-state index contributed by atoms with van der Waals surface area (Å²) in [4.78, 5) is 4.57. The Balaban J connectivity index is 1.91. The van der Waals surface area contributed by atoms with Crippen LogP contribution in [0, 0.1) is 11.3 Å². The summed E-state index contributed by atoms with van der Waals surface area (Å²) >= 11 is 3.44. The molecule has 1 heterocycles. The van der Waals surface area contributed by atoms with Crippen LogP contribution in [-0.4, -0.2) is 4.98 Å². The van der Waals surface area contributed by atoms with E-state index in [9.17, 15) is 5.26 Å². The van der Waals surface area contributed by atoms with E-state index < -0.39 is 0 Å². The minimum Gasteiger partial charge on any atom is -0.241 e. The zero-order valence-electron chi connectivity index (χ0n) is 13.5. The molecule has 3 heteroatoms. The first-order chi connectivity index (χ1) is 11.5. The number of aromatic nitrogens is 1. The molecular formula is C21H15BrN2. The lowest BCUT2D eigenvalue weighted by Gasteiger charge is -2.22. The third kappa shape index (κ3) is 2.18. The molecule has 0 N–H and O–H groups in total.